The zero-order valence-corrected chi connectivity index (χ0v) is 20.5. The minimum absolute atomic E-state index is 0.0415. The molecule has 0 bridgehead atoms. The van der Waals surface area contributed by atoms with Gasteiger partial charge in [-0.2, -0.15) is 0 Å². The number of pyridine rings is 1. The van der Waals surface area contributed by atoms with Crippen LogP contribution in [-0.2, 0) is 0 Å². The van der Waals surface area contributed by atoms with Crippen LogP contribution in [0.25, 0.3) is 22.2 Å². The lowest BCUT2D eigenvalue weighted by molar-refractivity contribution is 0.0571. The maximum absolute atomic E-state index is 13.8. The summed E-state index contributed by atoms with van der Waals surface area (Å²) in [4.78, 5) is 38.6. The Labute approximate surface area is 208 Å². The quantitative estimate of drug-likeness (QED) is 0.377. The molecule has 1 amide bonds. The van der Waals surface area contributed by atoms with Crippen LogP contribution in [0, 0.1) is 6.92 Å². The van der Waals surface area contributed by atoms with E-state index in [9.17, 15) is 9.59 Å². The molecule has 0 saturated carbocycles. The predicted octanol–water partition coefficient (Wildman–Crippen LogP) is 5.26. The Morgan fingerprint density at radius 3 is 2.69 bits per heavy atom. The third-order valence-electron chi connectivity index (χ3n) is 6.62. The van der Waals surface area contributed by atoms with Gasteiger partial charge in [-0.15, -0.1) is 11.3 Å². The number of Topliss-reactive ketones (excluding diaryl/α,β-unsaturated/α-hetero) is 1. The van der Waals surface area contributed by atoms with Gasteiger partial charge in [0.1, 0.15) is 4.88 Å². The van der Waals surface area contributed by atoms with Gasteiger partial charge in [0.25, 0.3) is 5.91 Å². The van der Waals surface area contributed by atoms with Crippen LogP contribution in [0.5, 0.6) is 0 Å². The maximum atomic E-state index is 13.8. The first-order chi connectivity index (χ1) is 17.0. The molecule has 2 N–H and O–H groups in total. The van der Waals surface area contributed by atoms with Crippen molar-refractivity contribution in [2.75, 3.05) is 6.54 Å². The van der Waals surface area contributed by atoms with Crippen LogP contribution in [0.3, 0.4) is 0 Å². The first kappa shape index (κ1) is 23.3. The number of fused-ring (bicyclic) bond motifs is 1. The van der Waals surface area contributed by atoms with Gasteiger partial charge in [-0.3, -0.25) is 14.6 Å². The minimum atomic E-state index is -0.0673. The molecule has 2 aromatic heterocycles. The van der Waals surface area contributed by atoms with Crippen molar-refractivity contribution >= 4 is 33.9 Å². The van der Waals surface area contributed by atoms with Gasteiger partial charge in [0.2, 0.25) is 0 Å². The Morgan fingerprint density at radius 1 is 1.06 bits per heavy atom. The number of hydrogen-bond acceptors (Lipinski definition) is 6. The first-order valence-electron chi connectivity index (χ1n) is 12.0. The fourth-order valence-corrected chi connectivity index (χ4v) is 5.76. The molecule has 3 heterocycles. The predicted molar refractivity (Wildman–Crippen MR) is 140 cm³/mol. The molecule has 4 aromatic rings. The van der Waals surface area contributed by atoms with Crippen LogP contribution < -0.4 is 5.73 Å². The molecule has 178 valence electrons. The molecule has 2 aromatic carbocycles. The van der Waals surface area contributed by atoms with E-state index in [0.29, 0.717) is 35.5 Å². The van der Waals surface area contributed by atoms with Crippen molar-refractivity contribution in [1.29, 1.82) is 0 Å². The zero-order chi connectivity index (χ0) is 24.4. The SMILES string of the molecule is Cc1nc(-c2ccccc2)c(C(=O)N2CC(N)CCC2CCC(=O)c2cccc3cccnc23)s1. The van der Waals surface area contributed by atoms with Gasteiger partial charge in [-0.25, -0.2) is 4.98 Å². The average molecular weight is 485 g/mol. The van der Waals surface area contributed by atoms with E-state index in [2.05, 4.69) is 9.97 Å². The Bertz CT molecular complexity index is 1360. The second kappa shape index (κ2) is 10.1. The van der Waals surface area contributed by atoms with Crippen molar-refractivity contribution in [3.05, 3.63) is 82.3 Å². The monoisotopic (exact) mass is 484 g/mol. The van der Waals surface area contributed by atoms with E-state index in [0.717, 1.165) is 34.3 Å². The second-order valence-corrected chi connectivity index (χ2v) is 10.3. The maximum Gasteiger partial charge on any atom is 0.266 e. The molecule has 35 heavy (non-hydrogen) atoms. The number of thiazole rings is 1. The topological polar surface area (TPSA) is 89.2 Å². The number of nitrogens with zero attached hydrogens (tertiary/aromatic N) is 3. The standard InChI is InChI=1S/C28H28N4O2S/c1-18-31-26(20-7-3-2-4-8-20)27(35-18)28(34)32-17-21(29)12-13-22(32)14-15-24(33)23-11-5-9-19-10-6-16-30-25(19)23/h2-11,16,21-22H,12-15,17,29H2,1H3. The highest BCUT2D eigenvalue weighted by Crippen LogP contribution is 2.32. The van der Waals surface area contributed by atoms with E-state index in [1.807, 2.05) is 72.5 Å². The van der Waals surface area contributed by atoms with Crippen molar-refractivity contribution in [2.24, 2.45) is 5.73 Å². The number of aryl methyl sites for hydroxylation is 1. The van der Waals surface area contributed by atoms with Crippen LogP contribution in [0.4, 0.5) is 0 Å². The van der Waals surface area contributed by atoms with E-state index in [1.165, 1.54) is 11.3 Å². The van der Waals surface area contributed by atoms with Crippen molar-refractivity contribution < 1.29 is 9.59 Å². The minimum Gasteiger partial charge on any atom is -0.333 e. The van der Waals surface area contributed by atoms with Gasteiger partial charge in [0.15, 0.2) is 5.78 Å². The Hall–Kier alpha value is -3.42. The largest absolute Gasteiger partial charge is 0.333 e. The van der Waals surface area contributed by atoms with E-state index < -0.39 is 0 Å². The lowest BCUT2D eigenvalue weighted by Crippen LogP contribution is -2.51. The van der Waals surface area contributed by atoms with Crippen LogP contribution >= 0.6 is 11.3 Å². The van der Waals surface area contributed by atoms with Gasteiger partial charge < -0.3 is 10.6 Å². The van der Waals surface area contributed by atoms with Gasteiger partial charge in [0, 0.05) is 47.8 Å². The van der Waals surface area contributed by atoms with Gasteiger partial charge >= 0.3 is 0 Å². The smallest absolute Gasteiger partial charge is 0.266 e. The number of para-hydroxylation sites is 1. The number of piperidine rings is 1. The summed E-state index contributed by atoms with van der Waals surface area (Å²) in [5.74, 6) is 0.00376. The molecule has 1 saturated heterocycles. The summed E-state index contributed by atoms with van der Waals surface area (Å²) < 4.78 is 0. The number of benzene rings is 2. The van der Waals surface area contributed by atoms with Crippen LogP contribution in [0.15, 0.2) is 66.9 Å². The zero-order valence-electron chi connectivity index (χ0n) is 19.7. The van der Waals surface area contributed by atoms with Crippen molar-refractivity contribution in [2.45, 2.75) is 44.7 Å². The number of hydrogen-bond donors (Lipinski definition) is 1. The van der Waals surface area contributed by atoms with E-state index in [4.69, 9.17) is 5.73 Å². The third kappa shape index (κ3) is 4.88. The Kier molecular flexibility index (Phi) is 6.70. The molecule has 7 heteroatoms. The summed E-state index contributed by atoms with van der Waals surface area (Å²) in [6.45, 7) is 2.41. The van der Waals surface area contributed by atoms with Gasteiger partial charge in [-0.05, 0) is 38.3 Å². The number of nitrogens with two attached hydrogens (primary N) is 1. The Morgan fingerprint density at radius 2 is 1.86 bits per heavy atom. The summed E-state index contributed by atoms with van der Waals surface area (Å²) in [5, 5.41) is 1.80. The van der Waals surface area contributed by atoms with E-state index in [1.54, 1.807) is 6.20 Å². The fourth-order valence-electron chi connectivity index (χ4n) is 4.86. The third-order valence-corrected chi connectivity index (χ3v) is 7.58. The summed E-state index contributed by atoms with van der Waals surface area (Å²) in [6.07, 6.45) is 4.28. The highest BCUT2D eigenvalue weighted by molar-refractivity contribution is 7.14. The molecule has 0 aliphatic carbocycles. The molecular formula is C28H28N4O2S. The molecule has 0 radical (unpaired) electrons. The summed E-state index contributed by atoms with van der Waals surface area (Å²) in [5.41, 5.74) is 9.29. The van der Waals surface area contributed by atoms with Crippen LogP contribution in [0.2, 0.25) is 0 Å². The second-order valence-electron chi connectivity index (χ2n) is 9.07. The molecule has 6 nitrogen and oxygen atoms in total. The number of amides is 1. The molecule has 1 aliphatic rings. The van der Waals surface area contributed by atoms with Crippen LogP contribution in [0.1, 0.15) is 50.7 Å². The molecule has 0 spiro atoms. The Balaban J connectivity index is 1.37. The molecule has 5 rings (SSSR count). The lowest BCUT2D eigenvalue weighted by Gasteiger charge is -2.38. The highest BCUT2D eigenvalue weighted by atomic mass is 32.1. The molecule has 2 unspecified atom stereocenters. The molecule has 1 aliphatic heterocycles. The molecule has 1 fully saturated rings. The summed E-state index contributed by atoms with van der Waals surface area (Å²) in [6, 6.07) is 19.2. The van der Waals surface area contributed by atoms with Crippen molar-refractivity contribution in [1.82, 2.24) is 14.9 Å². The average Bonchev–Trinajstić information content (AvgIpc) is 3.29. The normalized spacial score (nSPS) is 18.1. The lowest BCUT2D eigenvalue weighted by atomic mass is 9.92. The van der Waals surface area contributed by atoms with E-state index >= 15 is 0 Å². The number of ketones is 1. The van der Waals surface area contributed by atoms with E-state index in [-0.39, 0.29) is 23.8 Å². The number of carbonyl (C=O) groups excluding carboxylic acids is 2. The molecular weight excluding hydrogens is 456 g/mol. The fraction of sp³-hybridized carbons (Fsp3) is 0.286. The van der Waals surface area contributed by atoms with Crippen molar-refractivity contribution in [3.63, 3.8) is 0 Å². The summed E-state index contributed by atoms with van der Waals surface area (Å²) in [7, 11) is 0. The van der Waals surface area contributed by atoms with Gasteiger partial charge in [0.05, 0.1) is 16.2 Å². The van der Waals surface area contributed by atoms with Crippen LogP contribution in [-0.4, -0.2) is 45.2 Å². The number of aromatic nitrogens is 2. The first-order valence-corrected chi connectivity index (χ1v) is 12.8. The highest BCUT2D eigenvalue weighted by Gasteiger charge is 2.33. The number of rotatable bonds is 6. The van der Waals surface area contributed by atoms with Crippen molar-refractivity contribution in [3.8, 4) is 11.3 Å². The number of carbonyl (C=O) groups is 2. The molecule has 2 atom stereocenters. The van der Waals surface area contributed by atoms with Gasteiger partial charge in [-0.1, -0.05) is 48.5 Å². The summed E-state index contributed by atoms with van der Waals surface area (Å²) >= 11 is 1.42. The number of likely N-dealkylation sites (tertiary alicyclic amines) is 1.